The highest BCUT2D eigenvalue weighted by Gasteiger charge is 2.28. The van der Waals surface area contributed by atoms with Gasteiger partial charge in [-0.05, 0) is 23.9 Å². The summed E-state index contributed by atoms with van der Waals surface area (Å²) in [4.78, 5) is -0.523. The van der Waals surface area contributed by atoms with Gasteiger partial charge in [-0.2, -0.15) is 13.2 Å². The smallest absolute Gasteiger partial charge is 0.392 e. The second kappa shape index (κ2) is 7.14. The molecule has 0 heterocycles. The average Bonchev–Trinajstić information content (AvgIpc) is 2.36. The minimum atomic E-state index is -4.46. The molecule has 0 aliphatic heterocycles. The lowest BCUT2D eigenvalue weighted by atomic mass is 10.2. The molecule has 0 amide bonds. The lowest BCUT2D eigenvalue weighted by Gasteiger charge is -2.10. The number of rotatable bonds is 6. The number of halogens is 5. The lowest BCUT2D eigenvalue weighted by Crippen LogP contribution is -2.27. The van der Waals surface area contributed by atoms with Crippen LogP contribution in [0.25, 0.3) is 0 Å². The number of thioether (sulfide) groups is 1. The molecule has 2 N–H and O–H groups in total. The number of alkyl halides is 3. The van der Waals surface area contributed by atoms with Crippen LogP contribution in [0.5, 0.6) is 0 Å². The largest absolute Gasteiger partial charge is 0.441 e. The quantitative estimate of drug-likeness (QED) is 0.599. The summed E-state index contributed by atoms with van der Waals surface area (Å²) < 4.78 is 74.6. The highest BCUT2D eigenvalue weighted by Crippen LogP contribution is 2.29. The van der Waals surface area contributed by atoms with E-state index < -0.39 is 50.2 Å². The van der Waals surface area contributed by atoms with Gasteiger partial charge in [-0.25, -0.2) is 17.5 Å². The number of aliphatic hydroxyl groups is 1. The van der Waals surface area contributed by atoms with Gasteiger partial charge in [-0.3, -0.25) is 0 Å². The van der Waals surface area contributed by atoms with Crippen molar-refractivity contribution in [3.8, 4) is 0 Å². The Hall–Kier alpha value is -0.550. The molecular weight excluding hydrogens is 358 g/mol. The summed E-state index contributed by atoms with van der Waals surface area (Å²) in [6.45, 7) is -1.16. The molecule has 0 spiro atoms. The van der Waals surface area contributed by atoms with E-state index in [1.165, 1.54) is 0 Å². The van der Waals surface area contributed by atoms with Gasteiger partial charge in [-0.15, -0.1) is 0 Å². The first kappa shape index (κ1) is 18.5. The first-order chi connectivity index (χ1) is 9.57. The molecule has 0 saturated carbocycles. The van der Waals surface area contributed by atoms with Crippen LogP contribution in [0.1, 0.15) is 5.56 Å². The first-order valence-corrected chi connectivity index (χ1v) is 8.20. The average molecular weight is 368 g/mol. The SMILES string of the molecule is O=S(=O)(NCCSC(F)(F)F)c1cc(F)c(Cl)c(CO)c1. The number of aliphatic hydroxyl groups excluding tert-OH is 1. The number of benzene rings is 1. The van der Waals surface area contributed by atoms with Gasteiger partial charge in [0, 0.05) is 17.9 Å². The van der Waals surface area contributed by atoms with E-state index in [2.05, 4.69) is 0 Å². The highest BCUT2D eigenvalue weighted by atomic mass is 35.5. The summed E-state index contributed by atoms with van der Waals surface area (Å²) in [5, 5.41) is 8.53. The predicted molar refractivity (Wildman–Crippen MR) is 71.0 cm³/mol. The molecule has 1 rings (SSSR count). The number of hydrogen-bond acceptors (Lipinski definition) is 4. The van der Waals surface area contributed by atoms with Crippen LogP contribution < -0.4 is 4.72 Å². The number of nitrogens with one attached hydrogen (secondary N) is 1. The molecule has 1 aromatic rings. The van der Waals surface area contributed by atoms with Gasteiger partial charge in [0.1, 0.15) is 5.82 Å². The highest BCUT2D eigenvalue weighted by molar-refractivity contribution is 8.00. The normalized spacial score (nSPS) is 12.7. The fourth-order valence-electron chi connectivity index (χ4n) is 1.31. The molecule has 0 bridgehead atoms. The van der Waals surface area contributed by atoms with Crippen LogP contribution in [-0.2, 0) is 16.6 Å². The van der Waals surface area contributed by atoms with Crippen molar-refractivity contribution in [3.63, 3.8) is 0 Å². The van der Waals surface area contributed by atoms with Crippen molar-refractivity contribution in [1.82, 2.24) is 4.72 Å². The predicted octanol–water partition coefficient (Wildman–Crippen LogP) is 2.50. The van der Waals surface area contributed by atoms with Crippen LogP contribution in [0.2, 0.25) is 5.02 Å². The molecule has 4 nitrogen and oxygen atoms in total. The fourth-order valence-corrected chi connectivity index (χ4v) is 3.14. The van der Waals surface area contributed by atoms with Gasteiger partial charge in [0.25, 0.3) is 0 Å². The van der Waals surface area contributed by atoms with Crippen molar-refractivity contribution in [2.24, 2.45) is 0 Å². The lowest BCUT2D eigenvalue weighted by molar-refractivity contribution is -0.0327. The van der Waals surface area contributed by atoms with Gasteiger partial charge in [0.2, 0.25) is 10.0 Å². The molecule has 0 aliphatic rings. The van der Waals surface area contributed by atoms with Gasteiger partial charge in [-0.1, -0.05) is 11.6 Å². The maximum atomic E-state index is 13.4. The third-order valence-electron chi connectivity index (χ3n) is 2.22. The Balaban J connectivity index is 2.82. The summed E-state index contributed by atoms with van der Waals surface area (Å²) in [6.07, 6.45) is 0. The zero-order valence-corrected chi connectivity index (χ0v) is 12.6. The molecule has 120 valence electrons. The molecule has 0 unspecified atom stereocenters. The molecule has 0 radical (unpaired) electrons. The van der Waals surface area contributed by atoms with Crippen molar-refractivity contribution < 1.29 is 31.1 Å². The summed E-state index contributed by atoms with van der Waals surface area (Å²) in [6, 6.07) is 1.57. The zero-order valence-electron chi connectivity index (χ0n) is 10.2. The molecule has 21 heavy (non-hydrogen) atoms. The summed E-state index contributed by atoms with van der Waals surface area (Å²) in [5.74, 6) is -1.57. The van der Waals surface area contributed by atoms with E-state index in [0.717, 1.165) is 6.07 Å². The number of hydrogen-bond donors (Lipinski definition) is 2. The Morgan fingerprint density at radius 1 is 1.33 bits per heavy atom. The Kier molecular flexibility index (Phi) is 6.29. The van der Waals surface area contributed by atoms with Crippen molar-refractivity contribution in [1.29, 1.82) is 0 Å². The maximum absolute atomic E-state index is 13.4. The van der Waals surface area contributed by atoms with Crippen molar-refractivity contribution in [2.45, 2.75) is 17.0 Å². The van der Waals surface area contributed by atoms with Crippen LogP contribution in [0.4, 0.5) is 17.6 Å². The molecule has 0 aromatic heterocycles. The molecule has 11 heteroatoms. The Bertz CT molecular complexity index is 607. The van der Waals surface area contributed by atoms with Gasteiger partial charge >= 0.3 is 5.51 Å². The standard InChI is InChI=1S/C10H10ClF4NO3S2/c11-9-6(5-17)3-7(4-8(9)12)21(18,19)16-1-2-20-10(13,14)15/h3-4,16-17H,1-2,5H2. The molecule has 0 fully saturated rings. The summed E-state index contributed by atoms with van der Waals surface area (Å²) in [7, 11) is -4.19. The third-order valence-corrected chi connectivity index (χ3v) is 4.82. The first-order valence-electron chi connectivity index (χ1n) is 5.36. The van der Waals surface area contributed by atoms with E-state index in [-0.39, 0.29) is 17.3 Å². The van der Waals surface area contributed by atoms with Crippen LogP contribution in [0, 0.1) is 5.82 Å². The van der Waals surface area contributed by atoms with E-state index in [1.54, 1.807) is 0 Å². The second-order valence-electron chi connectivity index (χ2n) is 3.73. The molecule has 0 saturated heterocycles. The summed E-state index contributed by atoms with van der Waals surface area (Å²) >= 11 is 5.13. The Morgan fingerprint density at radius 2 is 1.95 bits per heavy atom. The number of sulfonamides is 1. The minimum absolute atomic E-state index is 0.137. The Labute approximate surface area is 127 Å². The molecule has 1 aromatic carbocycles. The van der Waals surface area contributed by atoms with Gasteiger partial charge < -0.3 is 5.11 Å². The van der Waals surface area contributed by atoms with Crippen molar-refractivity contribution in [3.05, 3.63) is 28.5 Å². The van der Waals surface area contributed by atoms with E-state index in [9.17, 15) is 26.0 Å². The molecule has 0 aliphatic carbocycles. The van der Waals surface area contributed by atoms with Crippen molar-refractivity contribution >= 4 is 33.4 Å². The summed E-state index contributed by atoms with van der Waals surface area (Å²) in [5.41, 5.74) is -4.59. The van der Waals surface area contributed by atoms with E-state index >= 15 is 0 Å². The third kappa shape index (κ3) is 5.62. The van der Waals surface area contributed by atoms with Gasteiger partial charge in [0.05, 0.1) is 16.5 Å². The van der Waals surface area contributed by atoms with Crippen LogP contribution in [0.15, 0.2) is 17.0 Å². The van der Waals surface area contributed by atoms with Crippen molar-refractivity contribution in [2.75, 3.05) is 12.3 Å². The Morgan fingerprint density at radius 3 is 2.48 bits per heavy atom. The van der Waals surface area contributed by atoms with Gasteiger partial charge in [0.15, 0.2) is 0 Å². The topological polar surface area (TPSA) is 66.4 Å². The minimum Gasteiger partial charge on any atom is -0.392 e. The van der Waals surface area contributed by atoms with Crippen LogP contribution >= 0.6 is 23.4 Å². The second-order valence-corrected chi connectivity index (χ2v) is 7.03. The van der Waals surface area contributed by atoms with Crippen LogP contribution in [-0.4, -0.2) is 31.3 Å². The van der Waals surface area contributed by atoms with E-state index in [0.29, 0.717) is 6.07 Å². The maximum Gasteiger partial charge on any atom is 0.441 e. The van der Waals surface area contributed by atoms with E-state index in [4.69, 9.17) is 16.7 Å². The zero-order chi connectivity index (χ0) is 16.3. The van der Waals surface area contributed by atoms with E-state index in [1.807, 2.05) is 4.72 Å². The fraction of sp³-hybridized carbons (Fsp3) is 0.400. The monoisotopic (exact) mass is 367 g/mol. The molecular formula is C10H10ClF4NO3S2. The van der Waals surface area contributed by atoms with Crippen LogP contribution in [0.3, 0.4) is 0 Å². The molecule has 0 atom stereocenters.